The average molecular weight is 219 g/mol. The van der Waals surface area contributed by atoms with Gasteiger partial charge < -0.3 is 10.2 Å². The van der Waals surface area contributed by atoms with Crippen molar-refractivity contribution in [1.82, 2.24) is 15.2 Å². The third kappa shape index (κ3) is 2.79. The van der Waals surface area contributed by atoms with Gasteiger partial charge in [-0.2, -0.15) is 0 Å². The SMILES string of the molecule is CN1CCC(C(=O)NCc2ccncc2)C1. The van der Waals surface area contributed by atoms with Crippen LogP contribution in [0.4, 0.5) is 0 Å². The number of aromatic nitrogens is 1. The molecule has 16 heavy (non-hydrogen) atoms. The summed E-state index contributed by atoms with van der Waals surface area (Å²) in [5.41, 5.74) is 1.09. The van der Waals surface area contributed by atoms with E-state index in [0.29, 0.717) is 6.54 Å². The number of amides is 1. The number of rotatable bonds is 3. The van der Waals surface area contributed by atoms with Crippen molar-refractivity contribution in [1.29, 1.82) is 0 Å². The number of carbonyl (C=O) groups is 1. The second-order valence-corrected chi connectivity index (χ2v) is 4.32. The van der Waals surface area contributed by atoms with Crippen LogP contribution in [-0.2, 0) is 11.3 Å². The smallest absolute Gasteiger partial charge is 0.224 e. The molecule has 1 N–H and O–H groups in total. The first-order valence-corrected chi connectivity index (χ1v) is 5.61. The monoisotopic (exact) mass is 219 g/mol. The lowest BCUT2D eigenvalue weighted by atomic mass is 10.1. The van der Waals surface area contributed by atoms with Crippen LogP contribution in [-0.4, -0.2) is 35.9 Å². The van der Waals surface area contributed by atoms with E-state index in [9.17, 15) is 4.79 Å². The van der Waals surface area contributed by atoms with Crippen molar-refractivity contribution in [2.45, 2.75) is 13.0 Å². The zero-order valence-corrected chi connectivity index (χ0v) is 9.52. The normalized spacial score (nSPS) is 20.9. The van der Waals surface area contributed by atoms with Crippen molar-refractivity contribution >= 4 is 5.91 Å². The van der Waals surface area contributed by atoms with Crippen LogP contribution in [0, 0.1) is 5.92 Å². The topological polar surface area (TPSA) is 45.2 Å². The van der Waals surface area contributed by atoms with Gasteiger partial charge in [0.15, 0.2) is 0 Å². The van der Waals surface area contributed by atoms with Gasteiger partial charge in [0.1, 0.15) is 0 Å². The maximum absolute atomic E-state index is 11.8. The second-order valence-electron chi connectivity index (χ2n) is 4.32. The molecule has 86 valence electrons. The van der Waals surface area contributed by atoms with Crippen LogP contribution < -0.4 is 5.32 Å². The lowest BCUT2D eigenvalue weighted by molar-refractivity contribution is -0.124. The van der Waals surface area contributed by atoms with E-state index in [4.69, 9.17) is 0 Å². The van der Waals surface area contributed by atoms with Gasteiger partial charge in [0.25, 0.3) is 0 Å². The zero-order chi connectivity index (χ0) is 11.4. The molecule has 1 aliphatic rings. The summed E-state index contributed by atoms with van der Waals surface area (Å²) in [5.74, 6) is 0.327. The van der Waals surface area contributed by atoms with Crippen molar-refractivity contribution in [3.05, 3.63) is 30.1 Å². The Morgan fingerprint density at radius 2 is 2.31 bits per heavy atom. The van der Waals surface area contributed by atoms with E-state index in [1.165, 1.54) is 0 Å². The van der Waals surface area contributed by atoms with Gasteiger partial charge in [-0.05, 0) is 37.7 Å². The molecular formula is C12H17N3O. The van der Waals surface area contributed by atoms with E-state index >= 15 is 0 Å². The molecule has 1 aromatic heterocycles. The highest BCUT2D eigenvalue weighted by Crippen LogP contribution is 2.14. The fourth-order valence-corrected chi connectivity index (χ4v) is 1.98. The lowest BCUT2D eigenvalue weighted by Crippen LogP contribution is -2.31. The second kappa shape index (κ2) is 5.07. The van der Waals surface area contributed by atoms with Crippen molar-refractivity contribution in [3.8, 4) is 0 Å². The number of nitrogens with zero attached hydrogens (tertiary/aromatic N) is 2. The summed E-state index contributed by atoms with van der Waals surface area (Å²) >= 11 is 0. The van der Waals surface area contributed by atoms with Crippen molar-refractivity contribution in [2.24, 2.45) is 5.92 Å². The first kappa shape index (κ1) is 11.1. The van der Waals surface area contributed by atoms with Crippen LogP contribution >= 0.6 is 0 Å². The Labute approximate surface area is 95.7 Å². The molecule has 2 rings (SSSR count). The molecule has 1 saturated heterocycles. The van der Waals surface area contributed by atoms with Gasteiger partial charge in [0.2, 0.25) is 5.91 Å². The molecule has 0 bridgehead atoms. The number of likely N-dealkylation sites (tertiary alicyclic amines) is 1. The Morgan fingerprint density at radius 3 is 2.94 bits per heavy atom. The van der Waals surface area contributed by atoms with Gasteiger partial charge in [-0.15, -0.1) is 0 Å². The van der Waals surface area contributed by atoms with Crippen molar-refractivity contribution < 1.29 is 4.79 Å². The van der Waals surface area contributed by atoms with Gasteiger partial charge in [-0.3, -0.25) is 9.78 Å². The number of carbonyl (C=O) groups excluding carboxylic acids is 1. The third-order valence-corrected chi connectivity index (χ3v) is 2.98. The van der Waals surface area contributed by atoms with Crippen molar-refractivity contribution in [3.63, 3.8) is 0 Å². The van der Waals surface area contributed by atoms with Crippen LogP contribution in [0.1, 0.15) is 12.0 Å². The molecule has 4 heteroatoms. The molecule has 1 atom stereocenters. The third-order valence-electron chi connectivity index (χ3n) is 2.98. The Hall–Kier alpha value is -1.42. The molecule has 0 spiro atoms. The summed E-state index contributed by atoms with van der Waals surface area (Å²) in [4.78, 5) is 17.9. The molecule has 0 aromatic carbocycles. The van der Waals surface area contributed by atoms with E-state index < -0.39 is 0 Å². The van der Waals surface area contributed by atoms with E-state index in [2.05, 4.69) is 22.2 Å². The lowest BCUT2D eigenvalue weighted by Gasteiger charge is -2.11. The van der Waals surface area contributed by atoms with E-state index in [0.717, 1.165) is 25.1 Å². The Balaban J connectivity index is 1.80. The summed E-state index contributed by atoms with van der Waals surface area (Å²) < 4.78 is 0. The zero-order valence-electron chi connectivity index (χ0n) is 9.52. The molecule has 1 unspecified atom stereocenters. The molecule has 1 aromatic rings. The summed E-state index contributed by atoms with van der Waals surface area (Å²) in [7, 11) is 2.05. The fraction of sp³-hybridized carbons (Fsp3) is 0.500. The molecule has 0 saturated carbocycles. The van der Waals surface area contributed by atoms with E-state index in [1.54, 1.807) is 12.4 Å². The van der Waals surface area contributed by atoms with Crippen LogP contribution in [0.15, 0.2) is 24.5 Å². The number of nitrogens with one attached hydrogen (secondary N) is 1. The molecule has 0 radical (unpaired) electrons. The number of pyridine rings is 1. The van der Waals surface area contributed by atoms with Crippen molar-refractivity contribution in [2.75, 3.05) is 20.1 Å². The summed E-state index contributed by atoms with van der Waals surface area (Å²) in [6, 6.07) is 3.84. The number of hydrogen-bond donors (Lipinski definition) is 1. The minimum absolute atomic E-state index is 0.159. The van der Waals surface area contributed by atoms with E-state index in [-0.39, 0.29) is 11.8 Å². The molecular weight excluding hydrogens is 202 g/mol. The van der Waals surface area contributed by atoms with Crippen LogP contribution in [0.2, 0.25) is 0 Å². The molecule has 1 amide bonds. The van der Waals surface area contributed by atoms with Gasteiger partial charge in [0.05, 0.1) is 5.92 Å². The molecule has 4 nitrogen and oxygen atoms in total. The Kier molecular flexibility index (Phi) is 3.51. The molecule has 2 heterocycles. The minimum Gasteiger partial charge on any atom is -0.352 e. The summed E-state index contributed by atoms with van der Waals surface area (Å²) in [5, 5.41) is 2.97. The number of hydrogen-bond acceptors (Lipinski definition) is 3. The average Bonchev–Trinajstić information content (AvgIpc) is 2.74. The molecule has 1 fully saturated rings. The fourth-order valence-electron chi connectivity index (χ4n) is 1.98. The van der Waals surface area contributed by atoms with Gasteiger partial charge in [-0.25, -0.2) is 0 Å². The first-order valence-electron chi connectivity index (χ1n) is 5.61. The van der Waals surface area contributed by atoms with Gasteiger partial charge in [-0.1, -0.05) is 0 Å². The van der Waals surface area contributed by atoms with Gasteiger partial charge in [0, 0.05) is 25.5 Å². The highest BCUT2D eigenvalue weighted by Gasteiger charge is 2.25. The summed E-state index contributed by atoms with van der Waals surface area (Å²) in [6.45, 7) is 2.50. The predicted octanol–water partition coefficient (Wildman–Crippen LogP) is 0.649. The maximum atomic E-state index is 11.8. The Bertz CT molecular complexity index is 353. The molecule has 1 aliphatic heterocycles. The predicted molar refractivity (Wildman–Crippen MR) is 61.7 cm³/mol. The highest BCUT2D eigenvalue weighted by atomic mass is 16.1. The standard InChI is InChI=1S/C12H17N3O/c1-15-7-4-11(9-15)12(16)14-8-10-2-5-13-6-3-10/h2-3,5-6,11H,4,7-9H2,1H3,(H,14,16). The highest BCUT2D eigenvalue weighted by molar-refractivity contribution is 5.79. The quantitative estimate of drug-likeness (QED) is 0.812. The molecule has 0 aliphatic carbocycles. The Morgan fingerprint density at radius 1 is 1.56 bits per heavy atom. The largest absolute Gasteiger partial charge is 0.352 e. The minimum atomic E-state index is 0.159. The van der Waals surface area contributed by atoms with Crippen LogP contribution in [0.3, 0.4) is 0 Å². The van der Waals surface area contributed by atoms with Gasteiger partial charge >= 0.3 is 0 Å². The first-order chi connectivity index (χ1) is 7.75. The van der Waals surface area contributed by atoms with Crippen LogP contribution in [0.25, 0.3) is 0 Å². The summed E-state index contributed by atoms with van der Waals surface area (Å²) in [6.07, 6.45) is 4.45. The van der Waals surface area contributed by atoms with Crippen LogP contribution in [0.5, 0.6) is 0 Å². The van der Waals surface area contributed by atoms with E-state index in [1.807, 2.05) is 12.1 Å². The maximum Gasteiger partial charge on any atom is 0.224 e.